The number of halogens is 1. The van der Waals surface area contributed by atoms with Gasteiger partial charge in [0.15, 0.2) is 5.96 Å². The zero-order valence-electron chi connectivity index (χ0n) is 17.5. The van der Waals surface area contributed by atoms with Gasteiger partial charge in [-0.3, -0.25) is 4.79 Å². The molecular formula is C20H37IN4O3. The number of ether oxygens (including phenoxy) is 2. The minimum absolute atomic E-state index is 0. The van der Waals surface area contributed by atoms with E-state index < -0.39 is 0 Å². The second-order valence-electron chi connectivity index (χ2n) is 8.38. The van der Waals surface area contributed by atoms with Gasteiger partial charge in [0.2, 0.25) is 5.91 Å². The van der Waals surface area contributed by atoms with Crippen molar-refractivity contribution in [3.63, 3.8) is 0 Å². The van der Waals surface area contributed by atoms with Gasteiger partial charge in [0.05, 0.1) is 12.7 Å². The molecule has 1 amide bonds. The molecule has 0 aromatic rings. The van der Waals surface area contributed by atoms with E-state index in [1.807, 2.05) is 0 Å². The van der Waals surface area contributed by atoms with Crippen LogP contribution in [0.25, 0.3) is 0 Å². The first-order chi connectivity index (χ1) is 13.0. The molecule has 3 aliphatic rings. The van der Waals surface area contributed by atoms with Crippen molar-refractivity contribution in [2.45, 2.75) is 57.6 Å². The number of amides is 1. The lowest BCUT2D eigenvalue weighted by Gasteiger charge is -2.54. The van der Waals surface area contributed by atoms with Gasteiger partial charge in [-0.2, -0.15) is 0 Å². The van der Waals surface area contributed by atoms with E-state index in [4.69, 9.17) is 9.47 Å². The van der Waals surface area contributed by atoms with Gasteiger partial charge in [-0.25, -0.2) is 4.99 Å². The summed E-state index contributed by atoms with van der Waals surface area (Å²) >= 11 is 0. The van der Waals surface area contributed by atoms with E-state index in [-0.39, 0.29) is 41.8 Å². The van der Waals surface area contributed by atoms with Crippen LogP contribution in [0, 0.1) is 11.3 Å². The molecule has 1 aliphatic heterocycles. The molecule has 1 spiro atoms. The average molecular weight is 508 g/mol. The molecular weight excluding hydrogens is 471 g/mol. The minimum Gasteiger partial charge on any atom is -0.381 e. The lowest BCUT2D eigenvalue weighted by Crippen LogP contribution is -2.65. The summed E-state index contributed by atoms with van der Waals surface area (Å²) < 4.78 is 11.5. The fraction of sp³-hybridized carbons (Fsp3) is 0.900. The van der Waals surface area contributed by atoms with Crippen LogP contribution in [0.3, 0.4) is 0 Å². The van der Waals surface area contributed by atoms with Gasteiger partial charge in [0, 0.05) is 51.2 Å². The molecule has 2 saturated carbocycles. The molecule has 2 aliphatic carbocycles. The Bertz CT molecular complexity index is 532. The highest BCUT2D eigenvalue weighted by atomic mass is 127. The predicted octanol–water partition coefficient (Wildman–Crippen LogP) is 2.00. The van der Waals surface area contributed by atoms with Crippen LogP contribution < -0.4 is 10.6 Å². The second-order valence-corrected chi connectivity index (χ2v) is 8.38. The maximum Gasteiger partial charge on any atom is 0.243 e. The number of nitrogens with one attached hydrogen (secondary N) is 2. The number of likely N-dealkylation sites (N-methyl/N-ethyl adjacent to an activating group) is 1. The summed E-state index contributed by atoms with van der Waals surface area (Å²) in [5.74, 6) is 1.28. The van der Waals surface area contributed by atoms with Crippen LogP contribution in [0.4, 0.5) is 0 Å². The lowest BCUT2D eigenvalue weighted by atomic mass is 9.60. The van der Waals surface area contributed by atoms with Gasteiger partial charge >= 0.3 is 0 Å². The summed E-state index contributed by atoms with van der Waals surface area (Å²) in [4.78, 5) is 18.1. The minimum atomic E-state index is 0. The molecule has 2 N–H and O–H groups in total. The number of carbonyl (C=O) groups excluding carboxylic acids is 1. The number of hydrogen-bond donors (Lipinski definition) is 2. The number of aliphatic imine (C=N–C) groups is 1. The van der Waals surface area contributed by atoms with Gasteiger partial charge < -0.3 is 25.0 Å². The molecule has 162 valence electrons. The van der Waals surface area contributed by atoms with Crippen molar-refractivity contribution in [3.05, 3.63) is 0 Å². The van der Waals surface area contributed by atoms with Gasteiger partial charge in [-0.1, -0.05) is 12.8 Å². The molecule has 0 aromatic carbocycles. The molecule has 3 rings (SSSR count). The Labute approximate surface area is 186 Å². The fourth-order valence-corrected chi connectivity index (χ4v) is 4.68. The summed E-state index contributed by atoms with van der Waals surface area (Å²) in [7, 11) is 3.53. The molecule has 7 nitrogen and oxygen atoms in total. The van der Waals surface area contributed by atoms with Crippen LogP contribution in [0.15, 0.2) is 4.99 Å². The Morgan fingerprint density at radius 1 is 1.32 bits per heavy atom. The van der Waals surface area contributed by atoms with Crippen LogP contribution in [0.1, 0.15) is 45.4 Å². The zero-order valence-corrected chi connectivity index (χ0v) is 19.9. The summed E-state index contributed by atoms with van der Waals surface area (Å²) in [5.41, 5.74) is 0.237. The Hall–Kier alpha value is -0.610. The van der Waals surface area contributed by atoms with Crippen LogP contribution in [0.2, 0.25) is 0 Å². The van der Waals surface area contributed by atoms with E-state index >= 15 is 0 Å². The molecule has 28 heavy (non-hydrogen) atoms. The lowest BCUT2D eigenvalue weighted by molar-refractivity contribution is -0.127. The molecule has 0 radical (unpaired) electrons. The topological polar surface area (TPSA) is 75.2 Å². The largest absolute Gasteiger partial charge is 0.381 e. The Kier molecular flexibility index (Phi) is 9.27. The van der Waals surface area contributed by atoms with Crippen molar-refractivity contribution >= 4 is 35.8 Å². The number of carbonyl (C=O) groups is 1. The van der Waals surface area contributed by atoms with E-state index in [0.29, 0.717) is 18.1 Å². The monoisotopic (exact) mass is 508 g/mol. The van der Waals surface area contributed by atoms with Gasteiger partial charge in [-0.05, 0) is 32.6 Å². The Morgan fingerprint density at radius 2 is 2.07 bits per heavy atom. The highest BCUT2D eigenvalue weighted by Gasteiger charge is 2.57. The van der Waals surface area contributed by atoms with Gasteiger partial charge in [0.25, 0.3) is 0 Å². The van der Waals surface area contributed by atoms with Crippen LogP contribution in [0.5, 0.6) is 0 Å². The van der Waals surface area contributed by atoms with Gasteiger partial charge in [0.1, 0.15) is 6.54 Å². The Morgan fingerprint density at radius 3 is 2.68 bits per heavy atom. The summed E-state index contributed by atoms with van der Waals surface area (Å²) in [6.07, 6.45) is 7.45. The van der Waals surface area contributed by atoms with Crippen molar-refractivity contribution in [3.8, 4) is 0 Å². The SMILES string of the molecule is CCOC1CC(NC(=NCC(=O)N(C)C)NCC2CCOC2)C12CCCC2.I. The first kappa shape index (κ1) is 23.7. The van der Waals surface area contributed by atoms with E-state index in [2.05, 4.69) is 22.5 Å². The van der Waals surface area contributed by atoms with Crippen molar-refractivity contribution < 1.29 is 14.3 Å². The zero-order chi connectivity index (χ0) is 19.3. The number of guanidine groups is 1. The standard InChI is InChI=1S/C20H36N4O3.HI/c1-4-27-17-11-16(20(17)8-5-6-9-20)23-19(22-13-18(25)24(2)3)21-12-15-7-10-26-14-15;/h15-17H,4-14H2,1-3H3,(H2,21,22,23);1H. The maximum absolute atomic E-state index is 12.0. The third-order valence-electron chi connectivity index (χ3n) is 6.45. The van der Waals surface area contributed by atoms with Crippen LogP contribution in [-0.4, -0.2) is 75.9 Å². The van der Waals surface area contributed by atoms with Crippen LogP contribution >= 0.6 is 24.0 Å². The van der Waals surface area contributed by atoms with Crippen molar-refractivity contribution in [2.24, 2.45) is 16.3 Å². The number of nitrogens with zero attached hydrogens (tertiary/aromatic N) is 2. The number of rotatable bonds is 7. The van der Waals surface area contributed by atoms with E-state index in [1.54, 1.807) is 19.0 Å². The van der Waals surface area contributed by atoms with Gasteiger partial charge in [-0.15, -0.1) is 24.0 Å². The van der Waals surface area contributed by atoms with Crippen molar-refractivity contribution in [1.29, 1.82) is 0 Å². The summed E-state index contributed by atoms with van der Waals surface area (Å²) in [6.45, 7) is 5.49. The summed E-state index contributed by atoms with van der Waals surface area (Å²) in [5, 5.41) is 7.10. The maximum atomic E-state index is 12.0. The first-order valence-electron chi connectivity index (χ1n) is 10.5. The second kappa shape index (κ2) is 11.0. The fourth-order valence-electron chi connectivity index (χ4n) is 4.68. The average Bonchev–Trinajstić information content (AvgIpc) is 3.35. The molecule has 3 unspecified atom stereocenters. The first-order valence-corrected chi connectivity index (χ1v) is 10.5. The molecule has 0 bridgehead atoms. The van der Waals surface area contributed by atoms with Crippen LogP contribution in [-0.2, 0) is 14.3 Å². The quantitative estimate of drug-likeness (QED) is 0.313. The van der Waals surface area contributed by atoms with E-state index in [1.165, 1.54) is 25.7 Å². The highest BCUT2D eigenvalue weighted by Crippen LogP contribution is 2.54. The molecule has 0 aromatic heterocycles. The molecule has 3 fully saturated rings. The predicted molar refractivity (Wildman–Crippen MR) is 121 cm³/mol. The third kappa shape index (κ3) is 5.50. The van der Waals surface area contributed by atoms with E-state index in [0.717, 1.165) is 45.2 Å². The number of hydrogen-bond acceptors (Lipinski definition) is 4. The molecule has 1 saturated heterocycles. The summed E-state index contributed by atoms with van der Waals surface area (Å²) in [6, 6.07) is 0.372. The normalized spacial score (nSPS) is 28.5. The van der Waals surface area contributed by atoms with Crippen molar-refractivity contribution in [1.82, 2.24) is 15.5 Å². The molecule has 1 heterocycles. The highest BCUT2D eigenvalue weighted by molar-refractivity contribution is 14.0. The molecule has 8 heteroatoms. The Balaban J connectivity index is 0.00000280. The van der Waals surface area contributed by atoms with Crippen molar-refractivity contribution in [2.75, 3.05) is 47.0 Å². The third-order valence-corrected chi connectivity index (χ3v) is 6.45. The van der Waals surface area contributed by atoms with E-state index in [9.17, 15) is 4.79 Å². The smallest absolute Gasteiger partial charge is 0.243 e. The molecule has 3 atom stereocenters.